The van der Waals surface area contributed by atoms with Crippen molar-refractivity contribution in [3.05, 3.63) is 46.4 Å². The van der Waals surface area contributed by atoms with Crippen LogP contribution in [-0.2, 0) is 11.8 Å². The molecule has 29 heavy (non-hydrogen) atoms. The average Bonchev–Trinajstić information content (AvgIpc) is 2.85. The number of anilines is 1. The first-order valence-electron chi connectivity index (χ1n) is 8.47. The number of rotatable bonds is 5. The molecule has 0 aliphatic carbocycles. The molecule has 0 spiro atoms. The van der Waals surface area contributed by atoms with Gasteiger partial charge in [0.25, 0.3) is 5.56 Å². The number of aromatic nitrogens is 2. The Morgan fingerprint density at radius 2 is 1.86 bits per heavy atom. The van der Waals surface area contributed by atoms with Gasteiger partial charge in [-0.25, -0.2) is 9.48 Å². The van der Waals surface area contributed by atoms with Crippen molar-refractivity contribution in [3.8, 4) is 5.69 Å². The maximum absolute atomic E-state index is 12.9. The molecule has 8 nitrogen and oxygen atoms in total. The number of nitrogens with one attached hydrogen (secondary N) is 3. The highest BCUT2D eigenvalue weighted by Gasteiger charge is 2.35. The van der Waals surface area contributed by atoms with Crippen LogP contribution < -0.4 is 21.5 Å². The summed E-state index contributed by atoms with van der Waals surface area (Å²) in [4.78, 5) is 24.6. The Labute approximate surface area is 188 Å². The van der Waals surface area contributed by atoms with Crippen molar-refractivity contribution in [2.75, 3.05) is 11.9 Å². The van der Waals surface area contributed by atoms with E-state index in [4.69, 9.17) is 51.8 Å². The fraction of sp³-hybridized carbons (Fsp3) is 0.353. The lowest BCUT2D eigenvalue weighted by Crippen LogP contribution is -2.56. The van der Waals surface area contributed by atoms with Crippen LogP contribution in [0.5, 0.6) is 0 Å². The van der Waals surface area contributed by atoms with Crippen LogP contribution in [-0.4, -0.2) is 37.1 Å². The Morgan fingerprint density at radius 3 is 2.41 bits per heavy atom. The lowest BCUT2D eigenvalue weighted by atomic mass is 10.3. The van der Waals surface area contributed by atoms with Gasteiger partial charge in [0.15, 0.2) is 11.3 Å². The highest BCUT2D eigenvalue weighted by molar-refractivity contribution is 7.80. The van der Waals surface area contributed by atoms with E-state index in [1.54, 1.807) is 25.6 Å². The number of carbonyl (C=O) groups excluding carboxylic acids is 1. The molecule has 2 rings (SSSR count). The average molecular weight is 481 g/mol. The van der Waals surface area contributed by atoms with Gasteiger partial charge in [-0.1, -0.05) is 53.0 Å². The quantitative estimate of drug-likeness (QED) is 0.346. The summed E-state index contributed by atoms with van der Waals surface area (Å²) in [6.45, 7) is 3.54. The van der Waals surface area contributed by atoms with Crippen LogP contribution in [0.1, 0.15) is 12.6 Å². The van der Waals surface area contributed by atoms with Crippen molar-refractivity contribution in [2.24, 2.45) is 7.05 Å². The molecular weight excluding hydrogens is 461 g/mol. The Kier molecular flexibility index (Phi) is 7.81. The maximum atomic E-state index is 12.9. The molecule has 1 heterocycles. The number of alkyl halides is 3. The van der Waals surface area contributed by atoms with Gasteiger partial charge in [0.1, 0.15) is 5.69 Å². The molecule has 12 heteroatoms. The van der Waals surface area contributed by atoms with Gasteiger partial charge in [0.05, 0.1) is 18.0 Å². The predicted octanol–water partition coefficient (Wildman–Crippen LogP) is 3.21. The molecule has 1 aromatic carbocycles. The molecule has 1 amide bonds. The second-order valence-corrected chi connectivity index (χ2v) is 8.65. The first-order valence-corrected chi connectivity index (χ1v) is 10.0. The number of amides is 1. The lowest BCUT2D eigenvalue weighted by Gasteiger charge is -2.27. The largest absolute Gasteiger partial charge is 0.450 e. The summed E-state index contributed by atoms with van der Waals surface area (Å²) in [5.74, 6) is 0. The van der Waals surface area contributed by atoms with Crippen molar-refractivity contribution in [2.45, 2.75) is 23.8 Å². The van der Waals surface area contributed by atoms with Crippen LogP contribution in [0.2, 0.25) is 0 Å². The molecule has 158 valence electrons. The highest BCUT2D eigenvalue weighted by Crippen LogP contribution is 2.29. The van der Waals surface area contributed by atoms with Crippen molar-refractivity contribution >= 4 is 63.9 Å². The van der Waals surface area contributed by atoms with Crippen molar-refractivity contribution in [1.82, 2.24) is 20.0 Å². The van der Waals surface area contributed by atoms with E-state index in [2.05, 4.69) is 16.0 Å². The van der Waals surface area contributed by atoms with E-state index in [0.29, 0.717) is 11.4 Å². The zero-order valence-electron chi connectivity index (χ0n) is 15.8. The third-order valence-electron chi connectivity index (χ3n) is 3.93. The van der Waals surface area contributed by atoms with E-state index in [1.165, 1.54) is 4.68 Å². The molecule has 3 N–H and O–H groups in total. The first-order chi connectivity index (χ1) is 13.6. The summed E-state index contributed by atoms with van der Waals surface area (Å²) in [5.41, 5.74) is 1.25. The van der Waals surface area contributed by atoms with E-state index in [0.717, 1.165) is 0 Å². The number of hydrogen-bond donors (Lipinski definition) is 3. The molecule has 1 aromatic heterocycles. The number of nitrogens with zero attached hydrogens (tertiary/aromatic N) is 2. The molecule has 2 aromatic rings. The van der Waals surface area contributed by atoms with E-state index in [9.17, 15) is 9.59 Å². The third-order valence-corrected chi connectivity index (χ3v) is 4.81. The van der Waals surface area contributed by atoms with Crippen LogP contribution in [0.25, 0.3) is 5.69 Å². The number of para-hydroxylation sites is 1. The van der Waals surface area contributed by atoms with E-state index in [1.807, 2.05) is 30.3 Å². The first kappa shape index (κ1) is 23.3. The standard InChI is InChI=1S/C17H20Cl3N5O3S/c1-4-28-16(27)23-14(17(18,19)20)22-15(29)21-12-10(2)24(3)25(13(12)26)11-8-6-5-7-9-11/h5-9,14H,4H2,1-3H3,(H,23,27)(H2,21,22,29)/t14-/m1/s1. The van der Waals surface area contributed by atoms with E-state index >= 15 is 0 Å². The van der Waals surface area contributed by atoms with Crippen molar-refractivity contribution < 1.29 is 9.53 Å². The van der Waals surface area contributed by atoms with Gasteiger partial charge in [0, 0.05) is 7.05 Å². The predicted molar refractivity (Wildman–Crippen MR) is 119 cm³/mol. The molecule has 0 bridgehead atoms. The molecule has 0 saturated carbocycles. The van der Waals surface area contributed by atoms with Gasteiger partial charge in [-0.3, -0.25) is 14.8 Å². The number of hydrogen-bond acceptors (Lipinski definition) is 4. The molecule has 0 unspecified atom stereocenters. The number of thiocarbonyl (C=S) groups is 1. The number of carbonyl (C=O) groups is 1. The summed E-state index contributed by atoms with van der Waals surface area (Å²) in [6.07, 6.45) is -1.99. The highest BCUT2D eigenvalue weighted by atomic mass is 35.6. The van der Waals surface area contributed by atoms with E-state index in [-0.39, 0.29) is 23.0 Å². The second-order valence-electron chi connectivity index (χ2n) is 5.87. The lowest BCUT2D eigenvalue weighted by molar-refractivity contribution is 0.147. The maximum Gasteiger partial charge on any atom is 0.408 e. The molecule has 0 radical (unpaired) electrons. The third kappa shape index (κ3) is 5.79. The monoisotopic (exact) mass is 479 g/mol. The molecule has 1 atom stereocenters. The van der Waals surface area contributed by atoms with Gasteiger partial charge in [0.2, 0.25) is 3.79 Å². The number of halogens is 3. The molecule has 0 saturated heterocycles. The topological polar surface area (TPSA) is 89.3 Å². The Balaban J connectivity index is 2.24. The Hall–Kier alpha value is -1.94. The number of ether oxygens (including phenoxy) is 1. The van der Waals surface area contributed by atoms with E-state index < -0.39 is 16.1 Å². The smallest absolute Gasteiger partial charge is 0.408 e. The minimum atomic E-state index is -1.94. The summed E-state index contributed by atoms with van der Waals surface area (Å²) in [6, 6.07) is 9.13. The number of alkyl carbamates (subject to hydrolysis) is 1. The SMILES string of the molecule is CCOC(=O)N[C@@H](NC(=S)Nc1c(C)n(C)n(-c2ccccc2)c1=O)C(Cl)(Cl)Cl. The molecule has 0 aliphatic heterocycles. The van der Waals surface area contributed by atoms with Crippen LogP contribution in [0.4, 0.5) is 10.5 Å². The summed E-state index contributed by atoms with van der Waals surface area (Å²) in [7, 11) is 1.75. The van der Waals surface area contributed by atoms with Gasteiger partial charge in [-0.2, -0.15) is 0 Å². The van der Waals surface area contributed by atoms with Crippen molar-refractivity contribution in [3.63, 3.8) is 0 Å². The van der Waals surface area contributed by atoms with Crippen LogP contribution in [0, 0.1) is 6.92 Å². The summed E-state index contributed by atoms with van der Waals surface area (Å²) in [5, 5.41) is 7.83. The van der Waals surface area contributed by atoms with Gasteiger partial charge < -0.3 is 15.4 Å². The number of benzene rings is 1. The minimum absolute atomic E-state index is 0.0239. The minimum Gasteiger partial charge on any atom is -0.450 e. The Morgan fingerprint density at radius 1 is 1.24 bits per heavy atom. The normalized spacial score (nSPS) is 12.2. The van der Waals surface area contributed by atoms with Crippen LogP contribution in [0.15, 0.2) is 35.1 Å². The summed E-state index contributed by atoms with van der Waals surface area (Å²) >= 11 is 22.9. The van der Waals surface area contributed by atoms with Gasteiger partial charge in [-0.05, 0) is 38.2 Å². The molecular formula is C17H20Cl3N5O3S. The van der Waals surface area contributed by atoms with Crippen LogP contribution >= 0.6 is 47.0 Å². The fourth-order valence-corrected chi connectivity index (χ4v) is 3.03. The van der Waals surface area contributed by atoms with Gasteiger partial charge >= 0.3 is 6.09 Å². The molecule has 0 aliphatic rings. The summed E-state index contributed by atoms with van der Waals surface area (Å²) < 4.78 is 6.03. The van der Waals surface area contributed by atoms with Gasteiger partial charge in [-0.15, -0.1) is 0 Å². The molecule has 0 fully saturated rings. The fourth-order valence-electron chi connectivity index (χ4n) is 2.48. The second kappa shape index (κ2) is 9.71. The van der Waals surface area contributed by atoms with Crippen LogP contribution in [0.3, 0.4) is 0 Å². The van der Waals surface area contributed by atoms with Crippen molar-refractivity contribution in [1.29, 1.82) is 0 Å². The Bertz CT molecular complexity index is 940. The zero-order valence-corrected chi connectivity index (χ0v) is 18.9. The zero-order chi connectivity index (χ0) is 21.8.